The minimum atomic E-state index is -3.28. The highest BCUT2D eigenvalue weighted by atomic mass is 32.2. The van der Waals surface area contributed by atoms with Crippen molar-refractivity contribution in [1.29, 1.82) is 0 Å². The summed E-state index contributed by atoms with van der Waals surface area (Å²) < 4.78 is 59.3. The van der Waals surface area contributed by atoms with Crippen LogP contribution in [0, 0.1) is 18.6 Å². The highest BCUT2D eigenvalue weighted by Crippen LogP contribution is 2.33. The van der Waals surface area contributed by atoms with E-state index < -0.39 is 27.3 Å². The molecule has 39 heavy (non-hydrogen) atoms. The number of halogens is 2. The van der Waals surface area contributed by atoms with Crippen molar-refractivity contribution in [2.24, 2.45) is 10.7 Å². The zero-order valence-corrected chi connectivity index (χ0v) is 22.4. The number of ether oxygens (including phenoxy) is 1. The molecule has 0 saturated carbocycles. The number of hydrogen-bond donors (Lipinski definition) is 5. The van der Waals surface area contributed by atoms with Gasteiger partial charge in [0, 0.05) is 44.2 Å². The molecule has 1 saturated heterocycles. The van der Waals surface area contributed by atoms with E-state index in [1.165, 1.54) is 6.07 Å². The Morgan fingerprint density at radius 2 is 2.03 bits per heavy atom. The fraction of sp³-hybridized carbons (Fsp3) is 0.458. The zero-order chi connectivity index (χ0) is 27.8. The predicted octanol–water partition coefficient (Wildman–Crippen LogP) is 2.14. The van der Waals surface area contributed by atoms with Crippen molar-refractivity contribution in [1.82, 2.24) is 20.0 Å². The number of nitrogens with two attached hydrogens (primary N) is 1. The Hall–Kier alpha value is -3.56. The highest BCUT2D eigenvalue weighted by molar-refractivity contribution is 7.90. The normalized spacial score (nSPS) is 19.8. The molecule has 4 heterocycles. The number of sulfone groups is 1. The summed E-state index contributed by atoms with van der Waals surface area (Å²) in [5.74, 6) is -2.28. The molecule has 0 spiro atoms. The lowest BCUT2D eigenvalue weighted by atomic mass is 10.0. The molecule has 2 aromatic heterocycles. The van der Waals surface area contributed by atoms with Crippen LogP contribution in [0.1, 0.15) is 35.7 Å². The van der Waals surface area contributed by atoms with Gasteiger partial charge in [-0.3, -0.25) is 10.8 Å². The Bertz CT molecular complexity index is 1500. The van der Waals surface area contributed by atoms with Crippen LogP contribution in [0.5, 0.6) is 0 Å². The number of aromatic amines is 1. The standard InChI is InChI=1S/C24H31F2N9O3S/c1-14-9-20(34-33-14)30-22-17-13-29-35(16-3-6-38-7-4-16)23(17)32-24(27,31-22)12-15-10-18(25)21(26)19(11-15)28-5-8-39(2,36)37/h9-11,13,16,28,32H,3-8,12,27H2,1-2H3,(H2,30,31,33,34). The number of hydrogen-bond acceptors (Lipinski definition) is 10. The minimum Gasteiger partial charge on any atom is -0.382 e. The number of aliphatic imine (C=N–C) groups is 1. The summed E-state index contributed by atoms with van der Waals surface area (Å²) in [5, 5.41) is 20.8. The molecule has 0 aliphatic carbocycles. The summed E-state index contributed by atoms with van der Waals surface area (Å²) in [5.41, 5.74) is 8.49. The summed E-state index contributed by atoms with van der Waals surface area (Å²) in [4.78, 5) is 4.71. The molecule has 3 aromatic rings. The van der Waals surface area contributed by atoms with Crippen LogP contribution >= 0.6 is 0 Å². The number of aryl methyl sites for hydroxylation is 1. The second-order valence-corrected chi connectivity index (χ2v) is 12.2. The molecule has 0 bridgehead atoms. The maximum atomic E-state index is 14.6. The third-order valence-electron chi connectivity index (χ3n) is 6.54. The molecule has 1 unspecified atom stereocenters. The summed E-state index contributed by atoms with van der Waals surface area (Å²) in [6.07, 6.45) is 4.30. The van der Waals surface area contributed by atoms with Crippen molar-refractivity contribution >= 4 is 33.0 Å². The minimum absolute atomic E-state index is 0.0197. The number of aromatic nitrogens is 4. The summed E-state index contributed by atoms with van der Waals surface area (Å²) in [6, 6.07) is 4.36. The van der Waals surface area contributed by atoms with Crippen LogP contribution in [0.4, 0.5) is 26.1 Å². The predicted molar refractivity (Wildman–Crippen MR) is 144 cm³/mol. The quantitative estimate of drug-likeness (QED) is 0.276. The summed E-state index contributed by atoms with van der Waals surface area (Å²) in [6.45, 7) is 3.02. The zero-order valence-electron chi connectivity index (χ0n) is 21.6. The van der Waals surface area contributed by atoms with Crippen molar-refractivity contribution in [2.75, 3.05) is 47.7 Å². The van der Waals surface area contributed by atoms with Gasteiger partial charge < -0.3 is 20.7 Å². The second kappa shape index (κ2) is 10.5. The molecule has 1 fully saturated rings. The number of benzene rings is 1. The average Bonchev–Trinajstić information content (AvgIpc) is 3.47. The van der Waals surface area contributed by atoms with Crippen LogP contribution in [-0.2, 0) is 21.0 Å². The molecule has 12 nitrogen and oxygen atoms in total. The number of anilines is 3. The first-order valence-corrected chi connectivity index (χ1v) is 14.6. The number of nitrogens with zero attached hydrogens (tertiary/aromatic N) is 4. The summed E-state index contributed by atoms with van der Waals surface area (Å²) >= 11 is 0. The molecular formula is C24H31F2N9O3S. The van der Waals surface area contributed by atoms with Crippen molar-refractivity contribution < 1.29 is 21.9 Å². The van der Waals surface area contributed by atoms with Crippen molar-refractivity contribution in [2.45, 2.75) is 38.0 Å². The fourth-order valence-electron chi connectivity index (χ4n) is 4.70. The van der Waals surface area contributed by atoms with Crippen LogP contribution in [0.25, 0.3) is 0 Å². The monoisotopic (exact) mass is 563 g/mol. The third kappa shape index (κ3) is 6.20. The topological polar surface area (TPSA) is 164 Å². The van der Waals surface area contributed by atoms with Gasteiger partial charge in [-0.15, -0.1) is 0 Å². The van der Waals surface area contributed by atoms with E-state index in [4.69, 9.17) is 15.5 Å². The fourth-order valence-corrected chi connectivity index (χ4v) is 5.17. The van der Waals surface area contributed by atoms with Crippen LogP contribution in [0.3, 0.4) is 0 Å². The first-order valence-electron chi connectivity index (χ1n) is 12.5. The lowest BCUT2D eigenvalue weighted by Crippen LogP contribution is -2.52. The largest absolute Gasteiger partial charge is 0.382 e. The lowest BCUT2D eigenvalue weighted by molar-refractivity contribution is 0.0667. The Kier molecular flexibility index (Phi) is 7.31. The van der Waals surface area contributed by atoms with Gasteiger partial charge in [-0.05, 0) is 37.5 Å². The van der Waals surface area contributed by atoms with E-state index in [0.717, 1.165) is 30.9 Å². The first kappa shape index (κ1) is 27.0. The van der Waals surface area contributed by atoms with Crippen LogP contribution in [-0.4, -0.2) is 71.8 Å². The van der Waals surface area contributed by atoms with Gasteiger partial charge in [-0.25, -0.2) is 26.9 Å². The molecule has 15 heteroatoms. The Balaban J connectivity index is 1.47. The SMILES string of the molecule is Cc1cc(NC2=NC(N)(Cc3cc(F)c(F)c(NCCS(C)(=O)=O)c3)Nc3c2cnn3C2CCOCC2)n[nH]1. The number of rotatable bonds is 8. The van der Waals surface area contributed by atoms with Crippen LogP contribution < -0.4 is 21.7 Å². The highest BCUT2D eigenvalue weighted by Gasteiger charge is 2.36. The van der Waals surface area contributed by atoms with E-state index in [1.54, 1.807) is 6.20 Å². The van der Waals surface area contributed by atoms with Gasteiger partial charge in [0.25, 0.3) is 0 Å². The third-order valence-corrected chi connectivity index (χ3v) is 7.48. The lowest BCUT2D eigenvalue weighted by Gasteiger charge is -2.34. The van der Waals surface area contributed by atoms with Gasteiger partial charge in [-0.1, -0.05) is 0 Å². The molecular weight excluding hydrogens is 532 g/mol. The first-order chi connectivity index (χ1) is 18.5. The van der Waals surface area contributed by atoms with Crippen LogP contribution in [0.15, 0.2) is 29.4 Å². The van der Waals surface area contributed by atoms with Crippen molar-refractivity contribution in [3.8, 4) is 0 Å². The summed E-state index contributed by atoms with van der Waals surface area (Å²) in [7, 11) is -3.28. The Morgan fingerprint density at radius 3 is 2.72 bits per heavy atom. The van der Waals surface area contributed by atoms with E-state index in [0.29, 0.717) is 41.8 Å². The van der Waals surface area contributed by atoms with E-state index in [-0.39, 0.29) is 30.4 Å². The number of amidine groups is 1. The van der Waals surface area contributed by atoms with Crippen molar-refractivity contribution in [3.05, 3.63) is 52.9 Å². The number of H-pyrrole nitrogens is 1. The molecule has 2 aliphatic rings. The number of nitrogens with one attached hydrogen (secondary N) is 4. The molecule has 2 aliphatic heterocycles. The maximum absolute atomic E-state index is 14.6. The van der Waals surface area contributed by atoms with E-state index in [1.807, 2.05) is 17.7 Å². The molecule has 5 rings (SSSR count). The van der Waals surface area contributed by atoms with Crippen LogP contribution in [0.2, 0.25) is 0 Å². The van der Waals surface area contributed by atoms with Gasteiger partial charge in [0.15, 0.2) is 23.2 Å². The average molecular weight is 564 g/mol. The molecule has 210 valence electrons. The molecule has 0 amide bonds. The second-order valence-electron chi connectivity index (χ2n) is 9.94. The number of fused-ring (bicyclic) bond motifs is 1. The van der Waals surface area contributed by atoms with E-state index in [9.17, 15) is 17.2 Å². The van der Waals surface area contributed by atoms with E-state index in [2.05, 4.69) is 31.2 Å². The van der Waals surface area contributed by atoms with Crippen molar-refractivity contribution in [3.63, 3.8) is 0 Å². The Labute approximate surface area is 224 Å². The van der Waals surface area contributed by atoms with Gasteiger partial charge in [0.05, 0.1) is 29.2 Å². The van der Waals surface area contributed by atoms with Gasteiger partial charge in [-0.2, -0.15) is 10.2 Å². The molecule has 1 atom stereocenters. The maximum Gasteiger partial charge on any atom is 0.189 e. The Morgan fingerprint density at radius 1 is 1.26 bits per heavy atom. The van der Waals surface area contributed by atoms with E-state index >= 15 is 0 Å². The molecule has 6 N–H and O–H groups in total. The van der Waals surface area contributed by atoms with Gasteiger partial charge >= 0.3 is 0 Å². The van der Waals surface area contributed by atoms with Gasteiger partial charge in [0.2, 0.25) is 0 Å². The van der Waals surface area contributed by atoms with Gasteiger partial charge in [0.1, 0.15) is 21.5 Å². The molecule has 0 radical (unpaired) electrons. The molecule has 1 aromatic carbocycles. The smallest absolute Gasteiger partial charge is 0.189 e.